The Hall–Kier alpha value is -1.54. The molecule has 0 radical (unpaired) electrons. The first-order chi connectivity index (χ1) is 8.84. The third kappa shape index (κ3) is 2.21. The standard InChI is InChI=1S/C16H18ClNO/c1-9(2)15-11(4)12(5)16(19)18(15)13-7-6-10(3)14(17)8-13/h6-8H,1-5H3. The van der Waals surface area contributed by atoms with Crippen molar-refractivity contribution in [3.63, 3.8) is 0 Å². The Bertz CT molecular complexity index is 622. The molecule has 0 spiro atoms. The molecule has 0 fully saturated rings. The van der Waals surface area contributed by atoms with Crippen LogP contribution >= 0.6 is 11.6 Å². The van der Waals surface area contributed by atoms with E-state index >= 15 is 0 Å². The van der Waals surface area contributed by atoms with Crippen LogP contribution in [0.2, 0.25) is 5.02 Å². The van der Waals surface area contributed by atoms with E-state index in [4.69, 9.17) is 11.6 Å². The summed E-state index contributed by atoms with van der Waals surface area (Å²) < 4.78 is 0. The molecule has 0 bridgehead atoms. The molecule has 0 saturated heterocycles. The molecule has 100 valence electrons. The molecule has 1 aromatic carbocycles. The smallest absolute Gasteiger partial charge is 0.258 e. The number of hydrogen-bond donors (Lipinski definition) is 0. The highest BCUT2D eigenvalue weighted by atomic mass is 35.5. The van der Waals surface area contributed by atoms with Crippen molar-refractivity contribution in [1.29, 1.82) is 0 Å². The van der Waals surface area contributed by atoms with Crippen LogP contribution in [0.3, 0.4) is 0 Å². The summed E-state index contributed by atoms with van der Waals surface area (Å²) in [5, 5.41) is 0.681. The Labute approximate surface area is 119 Å². The maximum Gasteiger partial charge on any atom is 0.258 e. The van der Waals surface area contributed by atoms with Crippen molar-refractivity contribution >= 4 is 23.2 Å². The van der Waals surface area contributed by atoms with Gasteiger partial charge in [0.05, 0.1) is 11.4 Å². The zero-order valence-corrected chi connectivity index (χ0v) is 12.7. The van der Waals surface area contributed by atoms with Crippen molar-refractivity contribution < 1.29 is 4.79 Å². The Kier molecular flexibility index (Phi) is 3.55. The van der Waals surface area contributed by atoms with Crippen molar-refractivity contribution in [2.24, 2.45) is 0 Å². The molecular formula is C16H18ClNO. The van der Waals surface area contributed by atoms with E-state index in [-0.39, 0.29) is 5.91 Å². The number of nitrogens with zero attached hydrogens (tertiary/aromatic N) is 1. The lowest BCUT2D eigenvalue weighted by Crippen LogP contribution is -2.25. The summed E-state index contributed by atoms with van der Waals surface area (Å²) in [5.74, 6) is 0.0358. The summed E-state index contributed by atoms with van der Waals surface area (Å²) in [6, 6.07) is 5.73. The third-order valence-corrected chi connectivity index (χ3v) is 3.96. The van der Waals surface area contributed by atoms with Gasteiger partial charge >= 0.3 is 0 Å². The van der Waals surface area contributed by atoms with Gasteiger partial charge in [0.1, 0.15) is 0 Å². The van der Waals surface area contributed by atoms with Crippen LogP contribution in [0.25, 0.3) is 0 Å². The van der Waals surface area contributed by atoms with Crippen LogP contribution in [0.5, 0.6) is 0 Å². The summed E-state index contributed by atoms with van der Waals surface area (Å²) in [7, 11) is 0. The second-order valence-electron chi connectivity index (χ2n) is 5.17. The zero-order valence-electron chi connectivity index (χ0n) is 12.0. The number of halogens is 1. The van der Waals surface area contributed by atoms with Gasteiger partial charge in [0.25, 0.3) is 5.91 Å². The second kappa shape index (κ2) is 4.86. The van der Waals surface area contributed by atoms with Gasteiger partial charge in [-0.3, -0.25) is 9.69 Å². The third-order valence-electron chi connectivity index (χ3n) is 3.55. The van der Waals surface area contributed by atoms with Crippen molar-refractivity contribution in [2.75, 3.05) is 4.90 Å². The van der Waals surface area contributed by atoms with Crippen molar-refractivity contribution in [3.8, 4) is 0 Å². The molecule has 0 saturated carbocycles. The van der Waals surface area contributed by atoms with Gasteiger partial charge in [-0.2, -0.15) is 0 Å². The Morgan fingerprint density at radius 2 is 1.74 bits per heavy atom. The van der Waals surface area contributed by atoms with Gasteiger partial charge < -0.3 is 0 Å². The second-order valence-corrected chi connectivity index (χ2v) is 5.58. The lowest BCUT2D eigenvalue weighted by molar-refractivity contribution is -0.114. The normalized spacial score (nSPS) is 15.6. The van der Waals surface area contributed by atoms with Gasteiger partial charge in [-0.25, -0.2) is 0 Å². The predicted molar refractivity (Wildman–Crippen MR) is 80.4 cm³/mol. The number of carbonyl (C=O) groups excluding carboxylic acids is 1. The number of hydrogen-bond acceptors (Lipinski definition) is 1. The monoisotopic (exact) mass is 275 g/mol. The fourth-order valence-corrected chi connectivity index (χ4v) is 2.52. The number of amides is 1. The first kappa shape index (κ1) is 13.9. The van der Waals surface area contributed by atoms with Crippen LogP contribution < -0.4 is 4.90 Å². The number of anilines is 1. The van der Waals surface area contributed by atoms with Crippen molar-refractivity contribution in [1.82, 2.24) is 0 Å². The molecule has 1 amide bonds. The summed E-state index contributed by atoms with van der Waals surface area (Å²) in [5.41, 5.74) is 5.79. The molecule has 19 heavy (non-hydrogen) atoms. The highest BCUT2D eigenvalue weighted by Gasteiger charge is 2.32. The quantitative estimate of drug-likeness (QED) is 0.732. The molecule has 1 aliphatic rings. The van der Waals surface area contributed by atoms with Crippen LogP contribution in [-0.2, 0) is 4.79 Å². The van der Waals surface area contributed by atoms with Gasteiger partial charge in [-0.1, -0.05) is 23.2 Å². The van der Waals surface area contributed by atoms with E-state index < -0.39 is 0 Å². The number of allylic oxidation sites excluding steroid dienone is 2. The van der Waals surface area contributed by atoms with Crippen molar-refractivity contribution in [3.05, 3.63) is 51.2 Å². The molecule has 0 unspecified atom stereocenters. The zero-order chi connectivity index (χ0) is 14.3. The summed E-state index contributed by atoms with van der Waals surface area (Å²) in [6.07, 6.45) is 0. The number of benzene rings is 1. The van der Waals surface area contributed by atoms with Gasteiger partial charge in [-0.05, 0) is 57.9 Å². The molecule has 0 aliphatic carbocycles. The van der Waals surface area contributed by atoms with E-state index in [2.05, 4.69) is 0 Å². The van der Waals surface area contributed by atoms with E-state index in [1.807, 2.05) is 52.8 Å². The van der Waals surface area contributed by atoms with E-state index in [0.717, 1.165) is 33.7 Å². The minimum atomic E-state index is 0.0358. The predicted octanol–water partition coefficient (Wildman–Crippen LogP) is 4.63. The molecule has 1 aliphatic heterocycles. The average molecular weight is 276 g/mol. The average Bonchev–Trinajstić information content (AvgIpc) is 2.57. The molecule has 1 aromatic rings. The Balaban J connectivity index is 2.59. The lowest BCUT2D eigenvalue weighted by atomic mass is 10.1. The number of aryl methyl sites for hydroxylation is 1. The Morgan fingerprint density at radius 3 is 2.26 bits per heavy atom. The molecule has 0 N–H and O–H groups in total. The molecule has 2 rings (SSSR count). The molecule has 2 nitrogen and oxygen atoms in total. The fourth-order valence-electron chi connectivity index (χ4n) is 2.34. The molecule has 0 atom stereocenters. The van der Waals surface area contributed by atoms with E-state index in [1.165, 1.54) is 0 Å². The van der Waals surface area contributed by atoms with Crippen molar-refractivity contribution in [2.45, 2.75) is 34.6 Å². The topological polar surface area (TPSA) is 20.3 Å². The number of rotatable bonds is 1. The molecule has 0 aromatic heterocycles. The number of carbonyl (C=O) groups is 1. The largest absolute Gasteiger partial charge is 0.277 e. The van der Waals surface area contributed by atoms with Gasteiger partial charge in [-0.15, -0.1) is 0 Å². The summed E-state index contributed by atoms with van der Waals surface area (Å²) >= 11 is 6.17. The van der Waals surface area contributed by atoms with Crippen LogP contribution in [-0.4, -0.2) is 5.91 Å². The maximum atomic E-state index is 12.4. The minimum Gasteiger partial charge on any atom is -0.277 e. The summed E-state index contributed by atoms with van der Waals surface area (Å²) in [4.78, 5) is 14.2. The lowest BCUT2D eigenvalue weighted by Gasteiger charge is -2.21. The maximum absolute atomic E-state index is 12.4. The van der Waals surface area contributed by atoms with Crippen LogP contribution in [0, 0.1) is 6.92 Å². The minimum absolute atomic E-state index is 0.0358. The first-order valence-corrected chi connectivity index (χ1v) is 6.68. The van der Waals surface area contributed by atoms with E-state index in [1.54, 1.807) is 4.90 Å². The highest BCUT2D eigenvalue weighted by Crippen LogP contribution is 2.36. The van der Waals surface area contributed by atoms with Gasteiger partial charge in [0.15, 0.2) is 0 Å². The molecule has 3 heteroatoms. The Morgan fingerprint density at radius 1 is 1.11 bits per heavy atom. The van der Waals surface area contributed by atoms with E-state index in [9.17, 15) is 4.79 Å². The van der Waals surface area contributed by atoms with Gasteiger partial charge in [0, 0.05) is 10.6 Å². The SMILES string of the molecule is CC(C)=C1C(C)=C(C)C(=O)N1c1ccc(C)c(Cl)c1. The van der Waals surface area contributed by atoms with Crippen LogP contribution in [0.15, 0.2) is 40.6 Å². The summed E-state index contributed by atoms with van der Waals surface area (Å²) in [6.45, 7) is 9.86. The van der Waals surface area contributed by atoms with E-state index in [0.29, 0.717) is 5.02 Å². The first-order valence-electron chi connectivity index (χ1n) is 6.30. The highest BCUT2D eigenvalue weighted by molar-refractivity contribution is 6.31. The molecular weight excluding hydrogens is 258 g/mol. The van der Waals surface area contributed by atoms with Gasteiger partial charge in [0.2, 0.25) is 0 Å². The van der Waals surface area contributed by atoms with Crippen LogP contribution in [0.4, 0.5) is 5.69 Å². The fraction of sp³-hybridized carbons (Fsp3) is 0.312. The molecule has 1 heterocycles. The van der Waals surface area contributed by atoms with Crippen LogP contribution in [0.1, 0.15) is 33.3 Å².